The van der Waals surface area contributed by atoms with Crippen molar-refractivity contribution in [1.82, 2.24) is 5.32 Å². The number of hydrogen-bond donors (Lipinski definition) is 1. The van der Waals surface area contributed by atoms with Crippen molar-refractivity contribution < 1.29 is 19.0 Å². The Kier molecular flexibility index (Phi) is 3.66. The maximum Gasteiger partial charge on any atom is 0.407 e. The van der Waals surface area contributed by atoms with E-state index < -0.39 is 6.09 Å². The molecule has 0 unspecified atom stereocenters. The molecule has 1 amide bonds. The molecule has 19 heavy (non-hydrogen) atoms. The van der Waals surface area contributed by atoms with Crippen LogP contribution < -0.4 is 5.32 Å². The van der Waals surface area contributed by atoms with E-state index in [1.54, 1.807) is 0 Å². The fourth-order valence-corrected chi connectivity index (χ4v) is 2.27. The standard InChI is InChI=1S/C14H17NO4/c16-14(18-8-10-4-2-1-3-5-10)15-7-6-11-13-12(19-13)9-17-11/h1-5,11-13H,6-9H2,(H,15,16)/t11-,12+,13-/m1/s1. The molecule has 1 aromatic rings. The van der Waals surface area contributed by atoms with E-state index in [0.29, 0.717) is 25.9 Å². The first-order valence-corrected chi connectivity index (χ1v) is 6.54. The average molecular weight is 263 g/mol. The van der Waals surface area contributed by atoms with Crippen molar-refractivity contribution in [3.8, 4) is 0 Å². The average Bonchev–Trinajstić information content (AvgIpc) is 3.12. The molecule has 5 nitrogen and oxygen atoms in total. The van der Waals surface area contributed by atoms with Gasteiger partial charge in [-0.15, -0.1) is 0 Å². The summed E-state index contributed by atoms with van der Waals surface area (Å²) in [6.07, 6.45) is 1.05. The van der Waals surface area contributed by atoms with E-state index >= 15 is 0 Å². The number of alkyl carbamates (subject to hydrolysis) is 1. The first kappa shape index (κ1) is 12.4. The Bertz CT molecular complexity index is 436. The Hall–Kier alpha value is -1.59. The molecule has 0 bridgehead atoms. The van der Waals surface area contributed by atoms with Gasteiger partial charge in [0.25, 0.3) is 0 Å². The van der Waals surface area contributed by atoms with Crippen LogP contribution in [0.1, 0.15) is 12.0 Å². The topological polar surface area (TPSA) is 60.1 Å². The van der Waals surface area contributed by atoms with E-state index in [4.69, 9.17) is 14.2 Å². The highest BCUT2D eigenvalue weighted by Crippen LogP contribution is 2.35. The van der Waals surface area contributed by atoms with Crippen molar-refractivity contribution >= 4 is 6.09 Å². The number of carbonyl (C=O) groups is 1. The van der Waals surface area contributed by atoms with Crippen molar-refractivity contribution in [2.45, 2.75) is 31.3 Å². The molecule has 0 saturated carbocycles. The van der Waals surface area contributed by atoms with Crippen molar-refractivity contribution in [3.05, 3.63) is 35.9 Å². The summed E-state index contributed by atoms with van der Waals surface area (Å²) in [6, 6.07) is 9.60. The van der Waals surface area contributed by atoms with Crippen LogP contribution in [0, 0.1) is 0 Å². The Balaban J connectivity index is 1.31. The zero-order valence-electron chi connectivity index (χ0n) is 10.6. The molecule has 2 heterocycles. The van der Waals surface area contributed by atoms with Crippen molar-refractivity contribution in [2.24, 2.45) is 0 Å². The molecule has 3 rings (SSSR count). The summed E-state index contributed by atoms with van der Waals surface area (Å²) in [5.74, 6) is 0. The number of ether oxygens (including phenoxy) is 3. The molecule has 2 saturated heterocycles. The van der Waals surface area contributed by atoms with Gasteiger partial charge in [-0.3, -0.25) is 0 Å². The van der Waals surface area contributed by atoms with E-state index in [0.717, 1.165) is 12.0 Å². The second-order valence-electron chi connectivity index (χ2n) is 4.79. The summed E-state index contributed by atoms with van der Waals surface area (Å²) in [5, 5.41) is 2.72. The van der Waals surface area contributed by atoms with Gasteiger partial charge in [0.2, 0.25) is 0 Å². The Morgan fingerprint density at radius 1 is 1.37 bits per heavy atom. The van der Waals surface area contributed by atoms with E-state index in [2.05, 4.69) is 5.32 Å². The van der Waals surface area contributed by atoms with Crippen molar-refractivity contribution in [2.75, 3.05) is 13.2 Å². The second kappa shape index (κ2) is 5.59. The van der Waals surface area contributed by atoms with Gasteiger partial charge in [0.05, 0.1) is 12.7 Å². The van der Waals surface area contributed by atoms with Crippen LogP contribution in [0.25, 0.3) is 0 Å². The summed E-state index contributed by atoms with van der Waals surface area (Å²) in [4.78, 5) is 11.5. The van der Waals surface area contributed by atoms with Gasteiger partial charge in [0, 0.05) is 6.54 Å². The molecule has 1 N–H and O–H groups in total. The largest absolute Gasteiger partial charge is 0.445 e. The van der Waals surface area contributed by atoms with Crippen molar-refractivity contribution in [3.63, 3.8) is 0 Å². The molecule has 0 aliphatic carbocycles. The molecule has 0 aromatic heterocycles. The summed E-state index contributed by atoms with van der Waals surface area (Å²) in [5.41, 5.74) is 0.978. The Morgan fingerprint density at radius 2 is 2.21 bits per heavy atom. The SMILES string of the molecule is O=C(NCC[C@H]1OC[C@@H]2O[C@@H]21)OCc1ccccc1. The van der Waals surface area contributed by atoms with Crippen LogP contribution >= 0.6 is 0 Å². The lowest BCUT2D eigenvalue weighted by Crippen LogP contribution is -2.29. The van der Waals surface area contributed by atoms with Crippen LogP contribution in [0.3, 0.4) is 0 Å². The minimum atomic E-state index is -0.393. The van der Waals surface area contributed by atoms with E-state index in [-0.39, 0.29) is 12.2 Å². The van der Waals surface area contributed by atoms with Gasteiger partial charge >= 0.3 is 6.09 Å². The number of amides is 1. The van der Waals surface area contributed by atoms with Crippen LogP contribution in [0.4, 0.5) is 4.79 Å². The number of nitrogens with one attached hydrogen (secondary N) is 1. The molecule has 0 radical (unpaired) electrons. The zero-order valence-corrected chi connectivity index (χ0v) is 10.6. The molecule has 1 aromatic carbocycles. The van der Waals surface area contributed by atoms with Gasteiger partial charge in [-0.25, -0.2) is 4.79 Å². The molecule has 2 aliphatic heterocycles. The summed E-state index contributed by atoms with van der Waals surface area (Å²) >= 11 is 0. The van der Waals surface area contributed by atoms with E-state index in [9.17, 15) is 4.79 Å². The second-order valence-corrected chi connectivity index (χ2v) is 4.79. The van der Waals surface area contributed by atoms with Gasteiger partial charge in [0.15, 0.2) is 0 Å². The molecular weight excluding hydrogens is 246 g/mol. The van der Waals surface area contributed by atoms with Crippen LogP contribution in [0.15, 0.2) is 30.3 Å². The third kappa shape index (κ3) is 3.24. The smallest absolute Gasteiger partial charge is 0.407 e. The number of rotatable bonds is 5. The molecule has 2 aliphatic rings. The number of hydrogen-bond acceptors (Lipinski definition) is 4. The van der Waals surface area contributed by atoms with Crippen LogP contribution in [-0.2, 0) is 20.8 Å². The molecular formula is C14H17NO4. The van der Waals surface area contributed by atoms with Crippen LogP contribution in [-0.4, -0.2) is 37.6 Å². The number of fused-ring (bicyclic) bond motifs is 1. The normalized spacial score (nSPS) is 27.7. The minimum absolute atomic E-state index is 0.124. The van der Waals surface area contributed by atoms with Crippen LogP contribution in [0.5, 0.6) is 0 Å². The number of carbonyl (C=O) groups excluding carboxylic acids is 1. The predicted molar refractivity (Wildman–Crippen MR) is 67.6 cm³/mol. The minimum Gasteiger partial charge on any atom is -0.445 e. The number of epoxide rings is 1. The van der Waals surface area contributed by atoms with Crippen molar-refractivity contribution in [1.29, 1.82) is 0 Å². The lowest BCUT2D eigenvalue weighted by atomic mass is 10.2. The maximum absolute atomic E-state index is 11.5. The fourth-order valence-electron chi connectivity index (χ4n) is 2.27. The zero-order chi connectivity index (χ0) is 13.1. The lowest BCUT2D eigenvalue weighted by Gasteiger charge is -2.12. The maximum atomic E-state index is 11.5. The molecule has 5 heteroatoms. The monoisotopic (exact) mass is 263 g/mol. The quantitative estimate of drug-likeness (QED) is 0.817. The first-order chi connectivity index (χ1) is 9.33. The first-order valence-electron chi connectivity index (χ1n) is 6.54. The summed E-state index contributed by atoms with van der Waals surface area (Å²) < 4.78 is 16.0. The van der Waals surface area contributed by atoms with Crippen LogP contribution in [0.2, 0.25) is 0 Å². The van der Waals surface area contributed by atoms with Gasteiger partial charge in [-0.2, -0.15) is 0 Å². The van der Waals surface area contributed by atoms with Gasteiger partial charge in [-0.1, -0.05) is 30.3 Å². The molecule has 2 fully saturated rings. The van der Waals surface area contributed by atoms with Gasteiger partial charge < -0.3 is 19.5 Å². The highest BCUT2D eigenvalue weighted by molar-refractivity contribution is 5.67. The third-order valence-electron chi connectivity index (χ3n) is 3.37. The molecule has 102 valence electrons. The molecule has 3 atom stereocenters. The van der Waals surface area contributed by atoms with Gasteiger partial charge in [-0.05, 0) is 12.0 Å². The Labute approximate surface area is 111 Å². The third-order valence-corrected chi connectivity index (χ3v) is 3.37. The van der Waals surface area contributed by atoms with E-state index in [1.807, 2.05) is 30.3 Å². The summed E-state index contributed by atoms with van der Waals surface area (Å²) in [7, 11) is 0. The predicted octanol–water partition coefficient (Wildman–Crippen LogP) is 1.47. The highest BCUT2D eigenvalue weighted by Gasteiger charge is 2.51. The Morgan fingerprint density at radius 3 is 2.89 bits per heavy atom. The molecule has 0 spiro atoms. The fraction of sp³-hybridized carbons (Fsp3) is 0.500. The lowest BCUT2D eigenvalue weighted by molar-refractivity contribution is 0.0245. The summed E-state index contributed by atoms with van der Waals surface area (Å²) in [6.45, 7) is 1.53. The van der Waals surface area contributed by atoms with E-state index in [1.165, 1.54) is 0 Å². The highest BCUT2D eigenvalue weighted by atomic mass is 16.7. The van der Waals surface area contributed by atoms with Gasteiger partial charge in [0.1, 0.15) is 18.8 Å². The number of benzene rings is 1.